The van der Waals surface area contributed by atoms with Crippen LogP contribution in [0.1, 0.15) is 49.7 Å². The van der Waals surface area contributed by atoms with Gasteiger partial charge in [0.2, 0.25) is 0 Å². The summed E-state index contributed by atoms with van der Waals surface area (Å²) < 4.78 is 0. The van der Waals surface area contributed by atoms with Crippen LogP contribution < -0.4 is 5.32 Å². The van der Waals surface area contributed by atoms with Gasteiger partial charge in [0.25, 0.3) is 5.91 Å². The largest absolute Gasteiger partial charge is 0.393 e. The van der Waals surface area contributed by atoms with Crippen LogP contribution in [0.15, 0.2) is 12.1 Å². The van der Waals surface area contributed by atoms with Crippen molar-refractivity contribution >= 4 is 17.5 Å². The van der Waals surface area contributed by atoms with Crippen LogP contribution in [-0.2, 0) is 6.42 Å². The Balaban J connectivity index is 2.76. The molecule has 0 aliphatic carbocycles. The Hall–Kier alpha value is -1.13. The summed E-state index contributed by atoms with van der Waals surface area (Å²) in [4.78, 5) is 16.2. The number of carbonyl (C=O) groups is 1. The van der Waals surface area contributed by atoms with E-state index in [9.17, 15) is 9.90 Å². The third-order valence-electron chi connectivity index (χ3n) is 2.69. The number of carbonyl (C=O) groups excluding carboxylic acids is 1. The van der Waals surface area contributed by atoms with Crippen LogP contribution in [0.25, 0.3) is 0 Å². The van der Waals surface area contributed by atoms with Gasteiger partial charge in [-0.15, -0.1) is 0 Å². The molecule has 5 heteroatoms. The predicted molar refractivity (Wildman–Crippen MR) is 76.5 cm³/mol. The summed E-state index contributed by atoms with van der Waals surface area (Å²) in [5, 5.41) is 12.5. The molecule has 1 aromatic rings. The van der Waals surface area contributed by atoms with E-state index in [1.807, 2.05) is 13.8 Å². The van der Waals surface area contributed by atoms with Crippen molar-refractivity contribution in [2.75, 3.05) is 0 Å². The molecule has 0 saturated heterocycles. The average molecular weight is 285 g/mol. The molecular formula is C14H21ClN2O2. The molecule has 2 N–H and O–H groups in total. The van der Waals surface area contributed by atoms with Gasteiger partial charge in [0.05, 0.1) is 6.10 Å². The molecule has 2 atom stereocenters. The Bertz CT molecular complexity index is 435. The molecule has 1 amide bonds. The maximum atomic E-state index is 12.1. The number of aliphatic hydroxyl groups excluding tert-OH is 1. The Kier molecular flexibility index (Phi) is 6.25. The summed E-state index contributed by atoms with van der Waals surface area (Å²) in [7, 11) is 0. The van der Waals surface area contributed by atoms with Crippen molar-refractivity contribution in [3.05, 3.63) is 28.5 Å². The van der Waals surface area contributed by atoms with Gasteiger partial charge < -0.3 is 10.4 Å². The second-order valence-electron chi connectivity index (χ2n) is 4.88. The molecule has 0 radical (unpaired) electrons. The third kappa shape index (κ3) is 5.57. The Morgan fingerprint density at radius 2 is 2.16 bits per heavy atom. The topological polar surface area (TPSA) is 62.2 Å². The average Bonchev–Trinajstić information content (AvgIpc) is 2.27. The number of hydrogen-bond acceptors (Lipinski definition) is 3. The smallest absolute Gasteiger partial charge is 0.251 e. The van der Waals surface area contributed by atoms with Crippen LogP contribution >= 0.6 is 11.6 Å². The maximum absolute atomic E-state index is 12.1. The van der Waals surface area contributed by atoms with Gasteiger partial charge in [-0.3, -0.25) is 4.79 Å². The van der Waals surface area contributed by atoms with Crippen LogP contribution in [-0.4, -0.2) is 28.1 Å². The minimum absolute atomic E-state index is 0.0888. The first-order valence-electron chi connectivity index (χ1n) is 6.57. The van der Waals surface area contributed by atoms with Crippen molar-refractivity contribution in [1.82, 2.24) is 10.3 Å². The first-order chi connectivity index (χ1) is 8.92. The lowest BCUT2D eigenvalue weighted by atomic mass is 10.1. The Morgan fingerprint density at radius 3 is 2.74 bits per heavy atom. The first kappa shape index (κ1) is 15.9. The molecule has 0 aliphatic heterocycles. The molecule has 0 spiro atoms. The Morgan fingerprint density at radius 1 is 1.47 bits per heavy atom. The molecular weight excluding hydrogens is 264 g/mol. The fourth-order valence-electron chi connectivity index (χ4n) is 1.94. The van der Waals surface area contributed by atoms with Crippen LogP contribution in [0.2, 0.25) is 5.15 Å². The highest BCUT2D eigenvalue weighted by atomic mass is 35.5. The number of rotatable bonds is 6. The van der Waals surface area contributed by atoms with E-state index in [2.05, 4.69) is 10.3 Å². The lowest BCUT2D eigenvalue weighted by molar-refractivity contribution is 0.0923. The van der Waals surface area contributed by atoms with E-state index >= 15 is 0 Å². The molecule has 19 heavy (non-hydrogen) atoms. The van der Waals surface area contributed by atoms with E-state index in [1.54, 1.807) is 19.1 Å². The van der Waals surface area contributed by atoms with Crippen LogP contribution in [0.4, 0.5) is 0 Å². The van der Waals surface area contributed by atoms with Gasteiger partial charge in [-0.05, 0) is 38.8 Å². The number of aromatic nitrogens is 1. The normalized spacial score (nSPS) is 13.9. The number of aryl methyl sites for hydroxylation is 1. The quantitative estimate of drug-likeness (QED) is 0.789. The van der Waals surface area contributed by atoms with E-state index in [-0.39, 0.29) is 11.9 Å². The molecule has 0 aromatic carbocycles. The Labute approximate surface area is 119 Å². The van der Waals surface area contributed by atoms with Crippen LogP contribution in [0.3, 0.4) is 0 Å². The van der Waals surface area contributed by atoms with Crippen molar-refractivity contribution in [1.29, 1.82) is 0 Å². The van der Waals surface area contributed by atoms with Gasteiger partial charge >= 0.3 is 0 Å². The summed E-state index contributed by atoms with van der Waals surface area (Å²) in [6.07, 6.45) is 1.83. The fraction of sp³-hybridized carbons (Fsp3) is 0.571. The van der Waals surface area contributed by atoms with E-state index in [0.29, 0.717) is 17.1 Å². The zero-order valence-corrected chi connectivity index (χ0v) is 12.4. The number of nitrogens with zero attached hydrogens (tertiary/aromatic N) is 1. The standard InChI is InChI=1S/C14H21ClN2O2/c1-4-5-12-7-11(8-13(15)17-12)14(19)16-9(2)6-10(3)18/h7-10,18H,4-6H2,1-3H3,(H,16,19). The number of pyridine rings is 1. The van der Waals surface area contributed by atoms with E-state index in [0.717, 1.165) is 18.5 Å². The lowest BCUT2D eigenvalue weighted by Crippen LogP contribution is -2.34. The molecule has 1 heterocycles. The van der Waals surface area contributed by atoms with Gasteiger partial charge in [0.15, 0.2) is 0 Å². The molecule has 1 aromatic heterocycles. The molecule has 0 bridgehead atoms. The summed E-state index contributed by atoms with van der Waals surface area (Å²) in [5.41, 5.74) is 1.34. The van der Waals surface area contributed by atoms with Gasteiger partial charge in [-0.1, -0.05) is 24.9 Å². The van der Waals surface area contributed by atoms with Gasteiger partial charge in [0.1, 0.15) is 5.15 Å². The minimum Gasteiger partial charge on any atom is -0.393 e. The van der Waals surface area contributed by atoms with Crippen molar-refractivity contribution < 1.29 is 9.90 Å². The maximum Gasteiger partial charge on any atom is 0.251 e. The second-order valence-corrected chi connectivity index (χ2v) is 5.27. The van der Waals surface area contributed by atoms with Crippen molar-refractivity contribution in [2.45, 2.75) is 52.2 Å². The van der Waals surface area contributed by atoms with Crippen molar-refractivity contribution in [3.8, 4) is 0 Å². The molecule has 2 unspecified atom stereocenters. The summed E-state index contributed by atoms with van der Waals surface area (Å²) in [5.74, 6) is -0.185. The predicted octanol–water partition coefficient (Wildman–Crippen LogP) is 2.58. The molecule has 0 aliphatic rings. The summed E-state index contributed by atoms with van der Waals surface area (Å²) in [6.45, 7) is 5.61. The number of halogens is 1. The zero-order chi connectivity index (χ0) is 14.4. The third-order valence-corrected chi connectivity index (χ3v) is 2.88. The minimum atomic E-state index is -0.438. The zero-order valence-electron chi connectivity index (χ0n) is 11.6. The van der Waals surface area contributed by atoms with Gasteiger partial charge in [0, 0.05) is 17.3 Å². The molecule has 0 fully saturated rings. The van der Waals surface area contributed by atoms with Crippen molar-refractivity contribution in [3.63, 3.8) is 0 Å². The SMILES string of the molecule is CCCc1cc(C(=O)NC(C)CC(C)O)cc(Cl)n1. The number of aliphatic hydroxyl groups is 1. The number of hydrogen-bond donors (Lipinski definition) is 2. The first-order valence-corrected chi connectivity index (χ1v) is 6.95. The monoisotopic (exact) mass is 284 g/mol. The van der Waals surface area contributed by atoms with Crippen LogP contribution in [0.5, 0.6) is 0 Å². The summed E-state index contributed by atoms with van der Waals surface area (Å²) >= 11 is 5.92. The van der Waals surface area contributed by atoms with Crippen molar-refractivity contribution in [2.24, 2.45) is 0 Å². The molecule has 1 rings (SSSR count). The molecule has 4 nitrogen and oxygen atoms in total. The lowest BCUT2D eigenvalue weighted by Gasteiger charge is -2.15. The molecule has 106 valence electrons. The van der Waals surface area contributed by atoms with E-state index in [4.69, 9.17) is 11.6 Å². The van der Waals surface area contributed by atoms with E-state index < -0.39 is 6.10 Å². The highest BCUT2D eigenvalue weighted by molar-refractivity contribution is 6.29. The highest BCUT2D eigenvalue weighted by Crippen LogP contribution is 2.13. The number of amides is 1. The van der Waals surface area contributed by atoms with Crippen LogP contribution in [0, 0.1) is 0 Å². The van der Waals surface area contributed by atoms with Gasteiger partial charge in [-0.25, -0.2) is 4.98 Å². The summed E-state index contributed by atoms with van der Waals surface area (Å²) in [6, 6.07) is 3.24. The number of nitrogens with one attached hydrogen (secondary N) is 1. The van der Waals surface area contributed by atoms with E-state index in [1.165, 1.54) is 0 Å². The highest BCUT2D eigenvalue weighted by Gasteiger charge is 2.13. The second kappa shape index (κ2) is 7.46. The fourth-order valence-corrected chi connectivity index (χ4v) is 2.17. The van der Waals surface area contributed by atoms with Gasteiger partial charge in [-0.2, -0.15) is 0 Å². The molecule has 0 saturated carbocycles.